The summed E-state index contributed by atoms with van der Waals surface area (Å²) in [5, 5.41) is 6.16. The van der Waals surface area contributed by atoms with Gasteiger partial charge in [0.05, 0.1) is 18.2 Å². The monoisotopic (exact) mass is 420 g/mol. The van der Waals surface area contributed by atoms with Crippen LogP contribution in [-0.2, 0) is 16.6 Å². The average Bonchev–Trinajstić information content (AvgIpc) is 2.90. The fraction of sp³-hybridized carbons (Fsp3) is 0.381. The molecule has 9 heteroatoms. The van der Waals surface area contributed by atoms with Gasteiger partial charge < -0.3 is 10.2 Å². The molecule has 2 heterocycles. The molecule has 0 saturated heterocycles. The third-order valence-electron chi connectivity index (χ3n) is 5.33. The number of nitrogens with zero attached hydrogens (tertiary/aromatic N) is 3. The van der Waals surface area contributed by atoms with Crippen LogP contribution < -0.4 is 5.32 Å². The smallest absolute Gasteiger partial charge is 0.341 e. The molecular weight excluding hydrogens is 397 g/mol. The summed E-state index contributed by atoms with van der Waals surface area (Å²) < 4.78 is 42.8. The molecule has 0 fully saturated rings. The topological polar surface area (TPSA) is 67.2 Å². The lowest BCUT2D eigenvalue weighted by Gasteiger charge is -2.33. The van der Waals surface area contributed by atoms with Crippen molar-refractivity contribution in [1.82, 2.24) is 20.0 Å². The highest BCUT2D eigenvalue weighted by atomic mass is 19.4. The maximum atomic E-state index is 13.8. The van der Waals surface area contributed by atoms with E-state index in [-0.39, 0.29) is 23.6 Å². The molecule has 3 rings (SSSR count). The average molecular weight is 420 g/mol. The van der Waals surface area contributed by atoms with Crippen LogP contribution in [0.5, 0.6) is 0 Å². The van der Waals surface area contributed by atoms with E-state index in [0.717, 1.165) is 5.56 Å². The Labute approximate surface area is 172 Å². The predicted octanol–water partition coefficient (Wildman–Crippen LogP) is 3.72. The van der Waals surface area contributed by atoms with Gasteiger partial charge in [-0.1, -0.05) is 24.3 Å². The van der Waals surface area contributed by atoms with Crippen molar-refractivity contribution in [2.45, 2.75) is 45.5 Å². The second-order valence-electron chi connectivity index (χ2n) is 7.34. The number of hydrogen-bond donors (Lipinski definition) is 1. The molecule has 0 spiro atoms. The number of fused-ring (bicyclic) bond motifs is 1. The van der Waals surface area contributed by atoms with E-state index in [1.54, 1.807) is 31.5 Å². The molecule has 1 N–H and O–H groups in total. The van der Waals surface area contributed by atoms with Crippen molar-refractivity contribution in [3.8, 4) is 0 Å². The molecule has 2 atom stereocenters. The molecule has 1 aliphatic rings. The van der Waals surface area contributed by atoms with Crippen molar-refractivity contribution in [1.29, 1.82) is 0 Å². The molecule has 1 aromatic carbocycles. The first-order chi connectivity index (χ1) is 14.0. The van der Waals surface area contributed by atoms with Crippen molar-refractivity contribution in [2.24, 2.45) is 7.05 Å². The second kappa shape index (κ2) is 7.97. The van der Waals surface area contributed by atoms with Gasteiger partial charge in [-0.05, 0) is 31.1 Å². The minimum absolute atomic E-state index is 0.0642. The van der Waals surface area contributed by atoms with Crippen LogP contribution in [0.25, 0.3) is 6.08 Å². The van der Waals surface area contributed by atoms with E-state index in [9.17, 15) is 22.8 Å². The number of rotatable bonds is 4. The number of nitrogens with one attached hydrogen (secondary N) is 1. The van der Waals surface area contributed by atoms with E-state index in [1.165, 1.54) is 30.4 Å². The minimum atomic E-state index is -4.70. The molecule has 0 bridgehead atoms. The van der Waals surface area contributed by atoms with Crippen LogP contribution in [0.2, 0.25) is 0 Å². The Morgan fingerprint density at radius 3 is 2.47 bits per heavy atom. The quantitative estimate of drug-likeness (QED) is 0.820. The Balaban J connectivity index is 1.90. The van der Waals surface area contributed by atoms with Gasteiger partial charge in [-0.15, -0.1) is 0 Å². The van der Waals surface area contributed by atoms with E-state index >= 15 is 0 Å². The van der Waals surface area contributed by atoms with E-state index in [4.69, 9.17) is 0 Å². The summed E-state index contributed by atoms with van der Waals surface area (Å²) >= 11 is 0. The zero-order chi connectivity index (χ0) is 22.2. The van der Waals surface area contributed by atoms with Crippen molar-refractivity contribution < 1.29 is 22.8 Å². The summed E-state index contributed by atoms with van der Waals surface area (Å²) in [4.78, 5) is 26.2. The number of halogens is 3. The molecular formula is C21H23F3N4O2. The molecule has 2 aromatic rings. The van der Waals surface area contributed by atoms with Crippen LogP contribution in [-0.4, -0.2) is 32.7 Å². The summed E-state index contributed by atoms with van der Waals surface area (Å²) in [6, 6.07) is 4.31. The summed E-state index contributed by atoms with van der Waals surface area (Å²) in [7, 11) is 1.55. The van der Waals surface area contributed by atoms with Gasteiger partial charge in [-0.3, -0.25) is 14.3 Å². The van der Waals surface area contributed by atoms with E-state index in [2.05, 4.69) is 10.4 Å². The maximum absolute atomic E-state index is 13.8. The van der Waals surface area contributed by atoms with E-state index in [1.807, 2.05) is 12.1 Å². The molecule has 0 radical (unpaired) electrons. The molecule has 160 valence electrons. The zero-order valence-corrected chi connectivity index (χ0v) is 17.1. The fourth-order valence-electron chi connectivity index (χ4n) is 3.83. The fourth-order valence-corrected chi connectivity index (χ4v) is 3.83. The third kappa shape index (κ3) is 4.10. The van der Waals surface area contributed by atoms with Crippen molar-refractivity contribution in [2.75, 3.05) is 0 Å². The van der Waals surface area contributed by atoms with Gasteiger partial charge in [0.2, 0.25) is 11.8 Å². The molecule has 2 amide bonds. The Hall–Kier alpha value is -3.10. The summed E-state index contributed by atoms with van der Waals surface area (Å²) in [5.41, 5.74) is 1.99. The first-order valence-electron chi connectivity index (χ1n) is 9.43. The number of aryl methyl sites for hydroxylation is 2. The normalized spacial score (nSPS) is 16.9. The minimum Gasteiger partial charge on any atom is -0.341 e. The van der Waals surface area contributed by atoms with Crippen LogP contribution in [0.4, 0.5) is 13.2 Å². The molecule has 0 saturated carbocycles. The van der Waals surface area contributed by atoms with Gasteiger partial charge in [0, 0.05) is 31.4 Å². The van der Waals surface area contributed by atoms with Crippen molar-refractivity contribution in [3.05, 3.63) is 58.5 Å². The Kier molecular flexibility index (Phi) is 5.74. The summed E-state index contributed by atoms with van der Waals surface area (Å²) in [5.74, 6) is -1.11. The van der Waals surface area contributed by atoms with Crippen LogP contribution in [0, 0.1) is 13.8 Å². The number of benzene rings is 1. The molecule has 1 aliphatic heterocycles. The molecule has 1 aromatic heterocycles. The molecule has 6 nitrogen and oxygen atoms in total. The van der Waals surface area contributed by atoms with Gasteiger partial charge in [0.15, 0.2) is 6.04 Å². The highest BCUT2D eigenvalue weighted by molar-refractivity contribution is 5.82. The van der Waals surface area contributed by atoms with Crippen molar-refractivity contribution >= 4 is 17.9 Å². The predicted molar refractivity (Wildman–Crippen MR) is 105 cm³/mol. The Bertz CT molecular complexity index is 1010. The number of carbonyl (C=O) groups is 2. The van der Waals surface area contributed by atoms with Crippen LogP contribution in [0.1, 0.15) is 53.5 Å². The highest BCUT2D eigenvalue weighted by Crippen LogP contribution is 2.37. The Morgan fingerprint density at radius 2 is 1.90 bits per heavy atom. The van der Waals surface area contributed by atoms with Gasteiger partial charge in [0.25, 0.3) is 0 Å². The summed E-state index contributed by atoms with van der Waals surface area (Å²) in [6.45, 7) is 4.36. The van der Waals surface area contributed by atoms with Crippen molar-refractivity contribution in [3.63, 3.8) is 0 Å². The lowest BCUT2D eigenvalue weighted by Crippen LogP contribution is -2.41. The van der Waals surface area contributed by atoms with Crippen LogP contribution in [0.3, 0.4) is 0 Å². The Morgan fingerprint density at radius 1 is 1.23 bits per heavy atom. The van der Waals surface area contributed by atoms with E-state index < -0.39 is 24.2 Å². The number of alkyl halides is 3. The SMILES string of the molecule is CC(=O)N1C=Cc2ccccc2[C@@H]1CC(=O)N[C@@H](c1c(C)nn(C)c1C)C(F)(F)F. The summed E-state index contributed by atoms with van der Waals surface area (Å²) in [6.07, 6.45) is -1.70. The standard InChI is InChI=1S/C21H23F3N4O2/c1-12-19(13(2)27(4)26-12)20(21(22,23)24)25-18(30)11-17-16-8-6-5-7-15(16)9-10-28(17)14(3)29/h5-10,17,20H,11H2,1-4H3,(H,25,30)/t17-,20-/m0/s1. The first-order valence-corrected chi connectivity index (χ1v) is 9.43. The lowest BCUT2D eigenvalue weighted by molar-refractivity contribution is -0.164. The lowest BCUT2D eigenvalue weighted by atomic mass is 9.93. The van der Waals surface area contributed by atoms with Gasteiger partial charge in [-0.25, -0.2) is 0 Å². The van der Waals surface area contributed by atoms with Crippen LogP contribution >= 0.6 is 0 Å². The molecule has 0 unspecified atom stereocenters. The van der Waals surface area contributed by atoms with Gasteiger partial charge in [0.1, 0.15) is 0 Å². The number of hydrogen-bond acceptors (Lipinski definition) is 3. The largest absolute Gasteiger partial charge is 0.413 e. The highest BCUT2D eigenvalue weighted by Gasteiger charge is 2.45. The third-order valence-corrected chi connectivity index (χ3v) is 5.33. The number of amides is 2. The van der Waals surface area contributed by atoms with Gasteiger partial charge >= 0.3 is 6.18 Å². The maximum Gasteiger partial charge on any atom is 0.413 e. The second-order valence-corrected chi connectivity index (χ2v) is 7.34. The van der Waals surface area contributed by atoms with Crippen LogP contribution in [0.15, 0.2) is 30.5 Å². The zero-order valence-electron chi connectivity index (χ0n) is 17.1. The molecule has 0 aliphatic carbocycles. The van der Waals surface area contributed by atoms with E-state index in [0.29, 0.717) is 11.3 Å². The first kappa shape index (κ1) is 21.6. The van der Waals surface area contributed by atoms with Gasteiger partial charge in [-0.2, -0.15) is 18.3 Å². The number of carbonyl (C=O) groups excluding carboxylic acids is 2. The number of aromatic nitrogens is 2. The molecule has 30 heavy (non-hydrogen) atoms.